The second-order valence-corrected chi connectivity index (χ2v) is 3.74. The normalized spacial score (nSPS) is 13.6. The minimum atomic E-state index is -4.60. The van der Waals surface area contributed by atoms with Crippen molar-refractivity contribution in [3.8, 4) is 0 Å². The van der Waals surface area contributed by atoms with Crippen LogP contribution in [0.4, 0.5) is 0 Å². The predicted molar refractivity (Wildman–Crippen MR) is 48.0 cm³/mol. The molecule has 0 rings (SSSR count). The third-order valence-corrected chi connectivity index (χ3v) is 1.87. The fourth-order valence-electron chi connectivity index (χ4n) is 0.656. The Bertz CT molecular complexity index is 270. The summed E-state index contributed by atoms with van der Waals surface area (Å²) in [6, 6.07) is 0. The van der Waals surface area contributed by atoms with E-state index in [0.717, 1.165) is 6.42 Å². The lowest BCUT2D eigenvalue weighted by molar-refractivity contribution is -0.151. The maximum Gasteiger partial charge on any atom is 0.398 e. The van der Waals surface area contributed by atoms with Crippen LogP contribution in [0.2, 0.25) is 0 Å². The molecule has 0 bridgehead atoms. The summed E-state index contributed by atoms with van der Waals surface area (Å²) >= 11 is 0. The number of ether oxygens (including phenoxy) is 1. The van der Waals surface area contributed by atoms with Gasteiger partial charge in [-0.25, -0.2) is 8.98 Å². The van der Waals surface area contributed by atoms with Crippen LogP contribution < -0.4 is 0 Å². The molecule has 6 nitrogen and oxygen atoms in total. The largest absolute Gasteiger partial charge is 0.464 e. The fraction of sp³-hybridized carbons (Fsp3) is 0.857. The van der Waals surface area contributed by atoms with Crippen molar-refractivity contribution in [1.29, 1.82) is 0 Å². The Morgan fingerprint density at radius 3 is 2.50 bits per heavy atom. The molecule has 0 aliphatic carbocycles. The fourth-order valence-corrected chi connectivity index (χ4v) is 1.10. The van der Waals surface area contributed by atoms with Gasteiger partial charge in [0, 0.05) is 0 Å². The first kappa shape index (κ1) is 13.3. The summed E-state index contributed by atoms with van der Waals surface area (Å²) in [5.74, 6) is -0.809. The third-order valence-electron chi connectivity index (χ3n) is 1.34. The maximum atomic E-state index is 11.0. The molecule has 0 aliphatic heterocycles. The van der Waals surface area contributed by atoms with Gasteiger partial charge in [0.15, 0.2) is 6.10 Å². The Morgan fingerprint density at radius 1 is 1.50 bits per heavy atom. The highest BCUT2D eigenvalue weighted by Crippen LogP contribution is 2.00. The van der Waals surface area contributed by atoms with Crippen molar-refractivity contribution >= 4 is 16.4 Å². The summed E-state index contributed by atoms with van der Waals surface area (Å²) in [5, 5.41) is 0. The summed E-state index contributed by atoms with van der Waals surface area (Å²) in [6.45, 7) is 3.32. The predicted octanol–water partition coefficient (Wildman–Crippen LogP) is 0.538. The minimum absolute atomic E-state index is 0.217. The molecule has 0 saturated carbocycles. The van der Waals surface area contributed by atoms with Gasteiger partial charge in [0.1, 0.15) is 0 Å². The second-order valence-electron chi connectivity index (χ2n) is 2.69. The van der Waals surface area contributed by atoms with E-state index in [1.807, 2.05) is 6.92 Å². The van der Waals surface area contributed by atoms with Crippen molar-refractivity contribution in [2.45, 2.75) is 32.8 Å². The van der Waals surface area contributed by atoms with Crippen LogP contribution in [-0.4, -0.2) is 31.7 Å². The van der Waals surface area contributed by atoms with Crippen molar-refractivity contribution in [3.63, 3.8) is 0 Å². The van der Waals surface area contributed by atoms with Crippen molar-refractivity contribution in [2.75, 3.05) is 6.61 Å². The molecular formula is C7H14O6S. The summed E-state index contributed by atoms with van der Waals surface area (Å²) in [5.41, 5.74) is 0. The molecule has 1 unspecified atom stereocenters. The van der Waals surface area contributed by atoms with Crippen molar-refractivity contribution in [2.24, 2.45) is 0 Å². The van der Waals surface area contributed by atoms with Crippen LogP contribution >= 0.6 is 0 Å². The van der Waals surface area contributed by atoms with E-state index in [-0.39, 0.29) is 6.61 Å². The van der Waals surface area contributed by atoms with Crippen LogP contribution in [-0.2, 0) is 24.1 Å². The van der Waals surface area contributed by atoms with E-state index >= 15 is 0 Å². The molecule has 0 fully saturated rings. The van der Waals surface area contributed by atoms with Gasteiger partial charge in [-0.1, -0.05) is 13.3 Å². The molecule has 1 N–H and O–H groups in total. The van der Waals surface area contributed by atoms with E-state index in [1.165, 1.54) is 6.92 Å². The molecule has 7 heteroatoms. The highest BCUT2D eigenvalue weighted by molar-refractivity contribution is 7.80. The third kappa shape index (κ3) is 6.81. The highest BCUT2D eigenvalue weighted by atomic mass is 32.3. The molecule has 1 atom stereocenters. The van der Waals surface area contributed by atoms with Crippen LogP contribution in [0, 0.1) is 0 Å². The molecule has 0 heterocycles. The quantitative estimate of drug-likeness (QED) is 0.404. The highest BCUT2D eigenvalue weighted by Gasteiger charge is 2.20. The van der Waals surface area contributed by atoms with Crippen molar-refractivity contribution in [1.82, 2.24) is 0 Å². The number of unbranched alkanes of at least 4 members (excludes halogenated alkanes) is 1. The molecule has 0 aromatic heterocycles. The lowest BCUT2D eigenvalue weighted by Gasteiger charge is -2.09. The lowest BCUT2D eigenvalue weighted by Crippen LogP contribution is -2.26. The van der Waals surface area contributed by atoms with Gasteiger partial charge in [-0.05, 0) is 13.3 Å². The first-order chi connectivity index (χ1) is 6.37. The van der Waals surface area contributed by atoms with Gasteiger partial charge in [0.2, 0.25) is 0 Å². The molecular weight excluding hydrogens is 212 g/mol. The number of carbonyl (C=O) groups is 1. The minimum Gasteiger partial charge on any atom is -0.464 e. The molecule has 84 valence electrons. The molecule has 0 spiro atoms. The number of esters is 1. The van der Waals surface area contributed by atoms with E-state index in [4.69, 9.17) is 4.55 Å². The van der Waals surface area contributed by atoms with Gasteiger partial charge in [-0.2, -0.15) is 8.42 Å². The monoisotopic (exact) mass is 226 g/mol. The average Bonchev–Trinajstić information content (AvgIpc) is 2.01. The van der Waals surface area contributed by atoms with Gasteiger partial charge in [0.25, 0.3) is 0 Å². The first-order valence-corrected chi connectivity index (χ1v) is 5.55. The van der Waals surface area contributed by atoms with E-state index in [0.29, 0.717) is 6.42 Å². The maximum absolute atomic E-state index is 11.0. The van der Waals surface area contributed by atoms with E-state index in [2.05, 4.69) is 8.92 Å². The molecule has 0 amide bonds. The smallest absolute Gasteiger partial charge is 0.398 e. The zero-order valence-electron chi connectivity index (χ0n) is 8.10. The van der Waals surface area contributed by atoms with Gasteiger partial charge >= 0.3 is 16.4 Å². The average molecular weight is 226 g/mol. The molecule has 0 aromatic rings. The standard InChI is InChI=1S/C7H14O6S/c1-3-4-5-12-7(8)6(2)13-14(9,10)11/h6H,3-5H2,1-2H3,(H,9,10,11). The lowest BCUT2D eigenvalue weighted by atomic mass is 10.3. The van der Waals surface area contributed by atoms with E-state index in [9.17, 15) is 13.2 Å². The van der Waals surface area contributed by atoms with Crippen LogP contribution in [0.5, 0.6) is 0 Å². The Labute approximate surface area is 83.2 Å². The van der Waals surface area contributed by atoms with Gasteiger partial charge in [-0.15, -0.1) is 0 Å². The van der Waals surface area contributed by atoms with Crippen LogP contribution in [0.1, 0.15) is 26.7 Å². The van der Waals surface area contributed by atoms with E-state index in [1.54, 1.807) is 0 Å². The Morgan fingerprint density at radius 2 is 2.07 bits per heavy atom. The van der Waals surface area contributed by atoms with Gasteiger partial charge in [0.05, 0.1) is 6.61 Å². The van der Waals surface area contributed by atoms with Crippen LogP contribution in [0.3, 0.4) is 0 Å². The molecule has 0 radical (unpaired) electrons. The van der Waals surface area contributed by atoms with Crippen molar-refractivity contribution < 1.29 is 26.7 Å². The SMILES string of the molecule is CCCCOC(=O)C(C)OS(=O)(=O)O. The van der Waals surface area contributed by atoms with Crippen LogP contribution in [0.25, 0.3) is 0 Å². The number of hydrogen-bond acceptors (Lipinski definition) is 5. The molecule has 0 aromatic carbocycles. The number of carbonyl (C=O) groups excluding carboxylic acids is 1. The molecule has 0 aliphatic rings. The topological polar surface area (TPSA) is 89.9 Å². The molecule has 0 saturated heterocycles. The first-order valence-electron chi connectivity index (χ1n) is 4.19. The zero-order chi connectivity index (χ0) is 11.2. The Kier molecular flexibility index (Phi) is 5.66. The number of hydrogen-bond donors (Lipinski definition) is 1. The van der Waals surface area contributed by atoms with Gasteiger partial charge in [-0.3, -0.25) is 4.55 Å². The van der Waals surface area contributed by atoms with Crippen LogP contribution in [0.15, 0.2) is 0 Å². The summed E-state index contributed by atoms with van der Waals surface area (Å²) in [4.78, 5) is 11.0. The Balaban J connectivity index is 3.88. The van der Waals surface area contributed by atoms with E-state index < -0.39 is 22.5 Å². The molecule has 14 heavy (non-hydrogen) atoms. The van der Waals surface area contributed by atoms with Crippen molar-refractivity contribution in [3.05, 3.63) is 0 Å². The summed E-state index contributed by atoms with van der Waals surface area (Å²) in [6.07, 6.45) is 0.243. The van der Waals surface area contributed by atoms with Gasteiger partial charge < -0.3 is 4.74 Å². The summed E-state index contributed by atoms with van der Waals surface area (Å²) in [7, 11) is -4.60. The summed E-state index contributed by atoms with van der Waals surface area (Å²) < 4.78 is 37.3. The Hall–Kier alpha value is -0.660. The second kappa shape index (κ2) is 5.94. The number of rotatable bonds is 6. The zero-order valence-corrected chi connectivity index (χ0v) is 8.91.